The van der Waals surface area contributed by atoms with E-state index in [1.165, 1.54) is 0 Å². The molecule has 1 rings (SSSR count). The Hall–Kier alpha value is -1.94. The molecule has 0 fully saturated rings. The third-order valence-electron chi connectivity index (χ3n) is 2.76. The summed E-state index contributed by atoms with van der Waals surface area (Å²) < 4.78 is 63.2. The fourth-order valence-electron chi connectivity index (χ4n) is 1.64. The number of hydrogen-bond donors (Lipinski definition) is 3. The summed E-state index contributed by atoms with van der Waals surface area (Å²) in [5.41, 5.74) is -0.550. The first-order chi connectivity index (χ1) is 10.6. The van der Waals surface area contributed by atoms with E-state index in [4.69, 9.17) is 5.11 Å². The van der Waals surface area contributed by atoms with Gasteiger partial charge >= 0.3 is 12.2 Å². The quantitative estimate of drug-likeness (QED) is 0.694. The molecule has 23 heavy (non-hydrogen) atoms. The molecule has 0 spiro atoms. The van der Waals surface area contributed by atoms with Crippen molar-refractivity contribution in [2.75, 3.05) is 25.0 Å². The first-order valence-electron chi connectivity index (χ1n) is 6.49. The molecule has 0 saturated heterocycles. The van der Waals surface area contributed by atoms with Gasteiger partial charge in [-0.25, -0.2) is 13.6 Å². The molecule has 130 valence electrons. The molecule has 0 unspecified atom stereocenters. The maximum Gasteiger partial charge on any atom is 0.390 e. The number of amides is 2. The van der Waals surface area contributed by atoms with Crippen LogP contribution in [-0.2, 0) is 0 Å². The van der Waals surface area contributed by atoms with E-state index < -0.39 is 61.8 Å². The number of rotatable bonds is 6. The number of nitrogens with one attached hydrogen (secondary N) is 1. The van der Waals surface area contributed by atoms with Gasteiger partial charge in [0.05, 0.1) is 31.4 Å². The molecule has 5 nitrogen and oxygen atoms in total. The Morgan fingerprint density at radius 3 is 2.52 bits per heavy atom. The molecule has 0 radical (unpaired) electrons. The Morgan fingerprint density at radius 2 is 1.96 bits per heavy atom. The van der Waals surface area contributed by atoms with Gasteiger partial charge < -0.3 is 20.4 Å². The Labute approximate surface area is 128 Å². The second-order valence-corrected chi connectivity index (χ2v) is 4.70. The van der Waals surface area contributed by atoms with Gasteiger partial charge in [0, 0.05) is 12.6 Å². The highest BCUT2D eigenvalue weighted by Crippen LogP contribution is 2.21. The van der Waals surface area contributed by atoms with Crippen LogP contribution in [0.2, 0.25) is 0 Å². The summed E-state index contributed by atoms with van der Waals surface area (Å²) in [5.74, 6) is -1.82. The fourth-order valence-corrected chi connectivity index (χ4v) is 1.64. The minimum Gasteiger partial charge on any atom is -0.394 e. The summed E-state index contributed by atoms with van der Waals surface area (Å²) in [6.45, 7) is -2.19. The maximum atomic E-state index is 13.4. The largest absolute Gasteiger partial charge is 0.394 e. The number of nitrogens with zero attached hydrogens (tertiary/aromatic N) is 1. The van der Waals surface area contributed by atoms with E-state index in [2.05, 4.69) is 0 Å². The monoisotopic (exact) mass is 342 g/mol. The van der Waals surface area contributed by atoms with Crippen molar-refractivity contribution < 1.29 is 37.0 Å². The molecule has 0 bridgehead atoms. The SMILES string of the molecule is O=C(Nc1cc(F)ccc1F)N(CCC(F)(F)F)C[C@H](O)CO. The summed E-state index contributed by atoms with van der Waals surface area (Å²) in [5, 5.41) is 19.9. The number of carbonyl (C=O) groups excluding carboxylic acids is 1. The third kappa shape index (κ3) is 6.78. The second-order valence-electron chi connectivity index (χ2n) is 4.70. The highest BCUT2D eigenvalue weighted by molar-refractivity contribution is 5.89. The van der Waals surface area contributed by atoms with Gasteiger partial charge in [-0.2, -0.15) is 13.2 Å². The number of anilines is 1. The van der Waals surface area contributed by atoms with Crippen molar-refractivity contribution >= 4 is 11.7 Å². The fraction of sp³-hybridized carbons (Fsp3) is 0.462. The molecule has 0 aliphatic rings. The van der Waals surface area contributed by atoms with Crippen LogP contribution in [0, 0.1) is 11.6 Å². The second kappa shape index (κ2) is 8.06. The molecule has 1 aromatic carbocycles. The third-order valence-corrected chi connectivity index (χ3v) is 2.76. The van der Waals surface area contributed by atoms with Crippen LogP contribution in [0.5, 0.6) is 0 Å². The topological polar surface area (TPSA) is 72.8 Å². The summed E-state index contributed by atoms with van der Waals surface area (Å²) in [6.07, 6.45) is -7.37. The zero-order valence-electron chi connectivity index (χ0n) is 11.8. The molecule has 3 N–H and O–H groups in total. The molecule has 1 atom stereocenters. The van der Waals surface area contributed by atoms with E-state index in [0.717, 1.165) is 12.1 Å². The lowest BCUT2D eigenvalue weighted by Gasteiger charge is -2.25. The number of aliphatic hydroxyl groups is 2. The predicted octanol–water partition coefficient (Wildman–Crippen LogP) is 2.10. The van der Waals surface area contributed by atoms with Crippen molar-refractivity contribution in [2.24, 2.45) is 0 Å². The van der Waals surface area contributed by atoms with Gasteiger partial charge in [-0.05, 0) is 12.1 Å². The van der Waals surface area contributed by atoms with E-state index in [9.17, 15) is 31.9 Å². The molecule has 10 heteroatoms. The Balaban J connectivity index is 2.83. The van der Waals surface area contributed by atoms with Gasteiger partial charge in [0.25, 0.3) is 0 Å². The van der Waals surface area contributed by atoms with Crippen LogP contribution in [0.25, 0.3) is 0 Å². The van der Waals surface area contributed by atoms with E-state index in [0.29, 0.717) is 11.0 Å². The van der Waals surface area contributed by atoms with Crippen LogP contribution in [0.4, 0.5) is 32.4 Å². The van der Waals surface area contributed by atoms with Crippen molar-refractivity contribution in [1.82, 2.24) is 4.90 Å². The number of halogens is 5. The van der Waals surface area contributed by atoms with Crippen LogP contribution in [0.15, 0.2) is 18.2 Å². The summed E-state index contributed by atoms with van der Waals surface area (Å²) >= 11 is 0. The smallest absolute Gasteiger partial charge is 0.390 e. The molecule has 1 aromatic rings. The molecule has 0 heterocycles. The van der Waals surface area contributed by atoms with Crippen molar-refractivity contribution in [1.29, 1.82) is 0 Å². The van der Waals surface area contributed by atoms with Crippen LogP contribution < -0.4 is 5.32 Å². The van der Waals surface area contributed by atoms with Crippen molar-refractivity contribution in [2.45, 2.75) is 18.7 Å². The lowest BCUT2D eigenvalue weighted by molar-refractivity contribution is -0.137. The average molecular weight is 342 g/mol. The molecule has 2 amide bonds. The molecule has 0 aliphatic heterocycles. The molecule has 0 saturated carbocycles. The number of benzene rings is 1. The van der Waals surface area contributed by atoms with Gasteiger partial charge in [-0.15, -0.1) is 0 Å². The van der Waals surface area contributed by atoms with Gasteiger partial charge in [-0.3, -0.25) is 0 Å². The lowest BCUT2D eigenvalue weighted by Crippen LogP contribution is -2.43. The van der Waals surface area contributed by atoms with Gasteiger partial charge in [0.1, 0.15) is 11.6 Å². The molecular formula is C13H15F5N2O3. The van der Waals surface area contributed by atoms with Gasteiger partial charge in [0.15, 0.2) is 0 Å². The zero-order chi connectivity index (χ0) is 17.6. The highest BCUT2D eigenvalue weighted by atomic mass is 19.4. The molecule has 0 aliphatic carbocycles. The van der Waals surface area contributed by atoms with Crippen molar-refractivity contribution in [3.8, 4) is 0 Å². The summed E-state index contributed by atoms with van der Waals surface area (Å²) in [4.78, 5) is 12.5. The van der Waals surface area contributed by atoms with Gasteiger partial charge in [0.2, 0.25) is 0 Å². The predicted molar refractivity (Wildman–Crippen MR) is 70.7 cm³/mol. The summed E-state index contributed by atoms with van der Waals surface area (Å²) in [7, 11) is 0. The standard InChI is InChI=1S/C13H15F5N2O3/c14-8-1-2-10(15)11(5-8)19-12(23)20(6-9(22)7-21)4-3-13(16,17)18/h1-2,5,9,21-22H,3-4,6-7H2,(H,19,23)/t9-/m0/s1. The number of aliphatic hydroxyl groups excluding tert-OH is 2. The van der Waals surface area contributed by atoms with Crippen LogP contribution in [0.3, 0.4) is 0 Å². The Bertz CT molecular complexity index is 539. The maximum absolute atomic E-state index is 13.4. The van der Waals surface area contributed by atoms with E-state index in [1.54, 1.807) is 0 Å². The Morgan fingerprint density at radius 1 is 1.30 bits per heavy atom. The van der Waals surface area contributed by atoms with Crippen molar-refractivity contribution in [3.05, 3.63) is 29.8 Å². The van der Waals surface area contributed by atoms with Crippen LogP contribution in [-0.4, -0.2) is 53.1 Å². The minimum atomic E-state index is -4.55. The van der Waals surface area contributed by atoms with E-state index >= 15 is 0 Å². The first-order valence-corrected chi connectivity index (χ1v) is 6.49. The summed E-state index contributed by atoms with van der Waals surface area (Å²) in [6, 6.07) is 1.05. The van der Waals surface area contributed by atoms with E-state index in [-0.39, 0.29) is 0 Å². The minimum absolute atomic E-state index is 0.550. The van der Waals surface area contributed by atoms with Gasteiger partial charge in [-0.1, -0.05) is 0 Å². The number of alkyl halides is 3. The first kappa shape index (κ1) is 19.1. The van der Waals surface area contributed by atoms with Crippen LogP contribution in [0.1, 0.15) is 6.42 Å². The normalized spacial score (nSPS) is 12.8. The Kier molecular flexibility index (Phi) is 6.70. The zero-order valence-corrected chi connectivity index (χ0v) is 11.8. The lowest BCUT2D eigenvalue weighted by atomic mass is 10.3. The van der Waals surface area contributed by atoms with Crippen LogP contribution >= 0.6 is 0 Å². The molecular weight excluding hydrogens is 327 g/mol. The number of carbonyl (C=O) groups is 1. The average Bonchev–Trinajstić information content (AvgIpc) is 2.45. The number of hydrogen-bond acceptors (Lipinski definition) is 3. The number of urea groups is 1. The highest BCUT2D eigenvalue weighted by Gasteiger charge is 2.30. The van der Waals surface area contributed by atoms with Crippen molar-refractivity contribution in [3.63, 3.8) is 0 Å². The van der Waals surface area contributed by atoms with E-state index in [1.807, 2.05) is 5.32 Å². The molecule has 0 aromatic heterocycles.